The first-order valence-electron chi connectivity index (χ1n) is 6.59. The number of rotatable bonds is 2. The highest BCUT2D eigenvalue weighted by atomic mass is 35.5. The topological polar surface area (TPSA) is 83.0 Å². The molecule has 2 rings (SSSR count). The van der Waals surface area contributed by atoms with Crippen molar-refractivity contribution in [3.8, 4) is 0 Å². The van der Waals surface area contributed by atoms with Gasteiger partial charge >= 0.3 is 0 Å². The summed E-state index contributed by atoms with van der Waals surface area (Å²) in [4.78, 5) is 0. The zero-order valence-electron chi connectivity index (χ0n) is 12.1. The Kier molecular flexibility index (Phi) is 14.7. The molecule has 2 heterocycles. The first-order chi connectivity index (χ1) is 8.65. The molecule has 2 aliphatic rings. The predicted molar refractivity (Wildman–Crippen MR) is 83.1 cm³/mol. The summed E-state index contributed by atoms with van der Waals surface area (Å²) >= 11 is 0. The summed E-state index contributed by atoms with van der Waals surface area (Å²) in [6.07, 6.45) is 0.509. The molecule has 0 saturated carbocycles. The number of halogens is 2. The number of hydrogen-bond acceptors (Lipinski definition) is 6. The number of morpholine rings is 2. The maximum absolute atomic E-state index is 8.64. The lowest BCUT2D eigenvalue weighted by Crippen LogP contribution is -2.44. The van der Waals surface area contributed by atoms with Crippen molar-refractivity contribution in [2.75, 3.05) is 39.4 Å². The summed E-state index contributed by atoms with van der Waals surface area (Å²) in [6, 6.07) is 0. The van der Waals surface area contributed by atoms with E-state index in [9.17, 15) is 0 Å². The van der Waals surface area contributed by atoms with Crippen molar-refractivity contribution in [3.63, 3.8) is 0 Å². The summed E-state index contributed by atoms with van der Waals surface area (Å²) in [6.45, 7) is 7.59. The Bertz CT molecular complexity index is 206. The van der Waals surface area contributed by atoms with E-state index in [1.807, 2.05) is 13.8 Å². The lowest BCUT2D eigenvalue weighted by Gasteiger charge is -2.27. The Morgan fingerprint density at radius 3 is 1.35 bits per heavy atom. The second-order valence-corrected chi connectivity index (χ2v) is 4.82. The van der Waals surface area contributed by atoms with E-state index in [-0.39, 0.29) is 62.4 Å². The molecule has 0 bridgehead atoms. The van der Waals surface area contributed by atoms with E-state index in [0.29, 0.717) is 0 Å². The fourth-order valence-corrected chi connectivity index (χ4v) is 1.96. The zero-order valence-corrected chi connectivity index (χ0v) is 13.7. The van der Waals surface area contributed by atoms with Gasteiger partial charge in [0.1, 0.15) is 0 Å². The van der Waals surface area contributed by atoms with Gasteiger partial charge in [0.25, 0.3) is 0 Å². The standard InChI is InChI=1S/2C6H13NO2.2ClH/c2*1-5-2-7-3-6(4-8)9-5;;/h2*5-8H,2-4H2,1H3;2*1H/t2*5-,6-;;/m10../s1. The van der Waals surface area contributed by atoms with Gasteiger partial charge in [0, 0.05) is 26.2 Å². The third-order valence-electron chi connectivity index (χ3n) is 2.86. The van der Waals surface area contributed by atoms with Crippen LogP contribution in [-0.2, 0) is 9.47 Å². The number of hydrogen-bond donors (Lipinski definition) is 4. The van der Waals surface area contributed by atoms with Crippen LogP contribution in [0.3, 0.4) is 0 Å². The van der Waals surface area contributed by atoms with E-state index in [1.165, 1.54) is 0 Å². The van der Waals surface area contributed by atoms with Crippen LogP contribution in [0.5, 0.6) is 0 Å². The smallest absolute Gasteiger partial charge is 0.0933 e. The quantitative estimate of drug-likeness (QED) is 0.548. The molecule has 2 fully saturated rings. The second-order valence-electron chi connectivity index (χ2n) is 4.82. The van der Waals surface area contributed by atoms with Crippen LogP contribution in [0.4, 0.5) is 0 Å². The molecule has 0 aromatic carbocycles. The zero-order chi connectivity index (χ0) is 13.4. The van der Waals surface area contributed by atoms with Gasteiger partial charge in [0.05, 0.1) is 37.6 Å². The van der Waals surface area contributed by atoms with Crippen molar-refractivity contribution in [2.45, 2.75) is 38.3 Å². The van der Waals surface area contributed by atoms with Gasteiger partial charge < -0.3 is 30.3 Å². The van der Waals surface area contributed by atoms with E-state index >= 15 is 0 Å². The molecule has 20 heavy (non-hydrogen) atoms. The van der Waals surface area contributed by atoms with Crippen molar-refractivity contribution >= 4 is 24.8 Å². The molecule has 2 saturated heterocycles. The Morgan fingerprint density at radius 2 is 1.15 bits per heavy atom. The Balaban J connectivity index is 0. The second kappa shape index (κ2) is 13.0. The van der Waals surface area contributed by atoms with Crippen LogP contribution < -0.4 is 10.6 Å². The third kappa shape index (κ3) is 9.31. The molecule has 124 valence electrons. The Morgan fingerprint density at radius 1 is 0.800 bits per heavy atom. The molecule has 0 aromatic rings. The van der Waals surface area contributed by atoms with Crippen molar-refractivity contribution < 1.29 is 19.7 Å². The van der Waals surface area contributed by atoms with E-state index in [0.717, 1.165) is 26.2 Å². The van der Waals surface area contributed by atoms with Gasteiger partial charge in [-0.15, -0.1) is 24.8 Å². The number of aliphatic hydroxyl groups is 2. The van der Waals surface area contributed by atoms with Crippen LogP contribution in [0.2, 0.25) is 0 Å². The van der Waals surface area contributed by atoms with Gasteiger partial charge in [-0.25, -0.2) is 0 Å². The fourth-order valence-electron chi connectivity index (χ4n) is 1.96. The number of aliphatic hydroxyl groups excluding tert-OH is 2. The maximum Gasteiger partial charge on any atom is 0.0933 e. The first-order valence-corrected chi connectivity index (χ1v) is 6.59. The van der Waals surface area contributed by atoms with Crippen LogP contribution in [0, 0.1) is 0 Å². The highest BCUT2D eigenvalue weighted by Gasteiger charge is 2.17. The molecule has 0 spiro atoms. The molecule has 8 heteroatoms. The lowest BCUT2D eigenvalue weighted by molar-refractivity contribution is -0.0519. The average molecular weight is 335 g/mol. The third-order valence-corrected chi connectivity index (χ3v) is 2.86. The first kappa shape index (κ1) is 22.6. The molecular weight excluding hydrogens is 307 g/mol. The maximum atomic E-state index is 8.64. The normalized spacial score (nSPS) is 33.0. The van der Waals surface area contributed by atoms with Gasteiger partial charge in [-0.2, -0.15) is 0 Å². The Labute approximate surface area is 133 Å². The summed E-state index contributed by atoms with van der Waals surface area (Å²) in [5.74, 6) is 0. The van der Waals surface area contributed by atoms with Gasteiger partial charge in [0.15, 0.2) is 0 Å². The highest BCUT2D eigenvalue weighted by Crippen LogP contribution is 2.01. The molecule has 4 N–H and O–H groups in total. The largest absolute Gasteiger partial charge is 0.394 e. The van der Waals surface area contributed by atoms with Crippen LogP contribution in [0.15, 0.2) is 0 Å². The minimum atomic E-state index is 0. The van der Waals surface area contributed by atoms with E-state index < -0.39 is 0 Å². The summed E-state index contributed by atoms with van der Waals surface area (Å²) in [5.41, 5.74) is 0. The molecule has 0 amide bonds. The minimum Gasteiger partial charge on any atom is -0.394 e. The lowest BCUT2D eigenvalue weighted by atomic mass is 10.3. The molecule has 0 unspecified atom stereocenters. The number of ether oxygens (including phenoxy) is 2. The molecule has 4 atom stereocenters. The van der Waals surface area contributed by atoms with Crippen molar-refractivity contribution in [1.82, 2.24) is 10.6 Å². The van der Waals surface area contributed by atoms with Crippen molar-refractivity contribution in [2.24, 2.45) is 0 Å². The van der Waals surface area contributed by atoms with Crippen molar-refractivity contribution in [3.05, 3.63) is 0 Å². The van der Waals surface area contributed by atoms with Gasteiger partial charge in [0.2, 0.25) is 0 Å². The molecule has 0 aromatic heterocycles. The van der Waals surface area contributed by atoms with Gasteiger partial charge in [-0.3, -0.25) is 0 Å². The molecule has 2 aliphatic heterocycles. The fraction of sp³-hybridized carbons (Fsp3) is 1.00. The molecule has 6 nitrogen and oxygen atoms in total. The van der Waals surface area contributed by atoms with Gasteiger partial charge in [-0.05, 0) is 13.8 Å². The average Bonchev–Trinajstić information content (AvgIpc) is 2.39. The molecule has 0 radical (unpaired) electrons. The monoisotopic (exact) mass is 334 g/mol. The SMILES string of the molecule is C[C@@H]1CNC[C@H](CO)O1.C[C@H]1CNC[C@@H](CO)O1.Cl.Cl. The van der Waals surface area contributed by atoms with E-state index in [1.54, 1.807) is 0 Å². The van der Waals surface area contributed by atoms with Crippen LogP contribution in [-0.4, -0.2) is 74.0 Å². The summed E-state index contributed by atoms with van der Waals surface area (Å²) < 4.78 is 10.6. The molecular formula is C12H28Cl2N2O4. The summed E-state index contributed by atoms with van der Waals surface area (Å²) in [7, 11) is 0. The van der Waals surface area contributed by atoms with Gasteiger partial charge in [-0.1, -0.05) is 0 Å². The highest BCUT2D eigenvalue weighted by molar-refractivity contribution is 5.85. The minimum absolute atomic E-state index is 0. The van der Waals surface area contributed by atoms with E-state index in [2.05, 4.69) is 10.6 Å². The molecule has 0 aliphatic carbocycles. The van der Waals surface area contributed by atoms with E-state index in [4.69, 9.17) is 19.7 Å². The Hall–Kier alpha value is 0.340. The summed E-state index contributed by atoms with van der Waals surface area (Å²) in [5, 5.41) is 23.6. The predicted octanol–water partition coefficient (Wildman–Crippen LogP) is -0.445. The van der Waals surface area contributed by atoms with Crippen molar-refractivity contribution in [1.29, 1.82) is 0 Å². The number of nitrogens with one attached hydrogen (secondary N) is 2. The van der Waals surface area contributed by atoms with Crippen LogP contribution in [0.25, 0.3) is 0 Å². The van der Waals surface area contributed by atoms with Crippen LogP contribution in [0.1, 0.15) is 13.8 Å². The van der Waals surface area contributed by atoms with Crippen LogP contribution >= 0.6 is 24.8 Å².